The fourth-order valence-electron chi connectivity index (χ4n) is 17.7. The van der Waals surface area contributed by atoms with Crippen LogP contribution < -0.4 is 0 Å². The third-order valence-corrected chi connectivity index (χ3v) is 23.9. The molecule has 18 heterocycles. The summed E-state index contributed by atoms with van der Waals surface area (Å²) in [5, 5.41) is 58.6. The summed E-state index contributed by atoms with van der Waals surface area (Å²) in [4.78, 5) is 86.0. The molecule has 612 valence electrons. The molecule has 20 rings (SSSR count). The van der Waals surface area contributed by atoms with Crippen LogP contribution in [0.3, 0.4) is 0 Å². The topological polar surface area (TPSA) is 329 Å². The van der Waals surface area contributed by atoms with E-state index in [9.17, 15) is 50.6 Å². The molecule has 0 amide bonds. The van der Waals surface area contributed by atoms with Crippen LogP contribution in [-0.4, -0.2) is 230 Å². The molecule has 0 aliphatic carbocycles. The molecule has 11 fully saturated rings. The molecule has 112 heavy (non-hydrogen) atoms. The van der Waals surface area contributed by atoms with E-state index in [1.54, 1.807) is 18.5 Å². The summed E-state index contributed by atoms with van der Waals surface area (Å²) in [5.74, 6) is 4.29. The quantitative estimate of drug-likeness (QED) is 0.0606. The van der Waals surface area contributed by atoms with Crippen LogP contribution in [0, 0.1) is 56.5 Å². The highest BCUT2D eigenvalue weighted by Gasteiger charge is 2.56. The SMILES string of the molecule is C.C.C.C.C.C.O=[N+]([O-])C1=C2N(CC3CCOC3)CCN2[C@@H]2CC[C@H]1O2.O=[N+]([O-])C1=C2N(Cc3ccc(Cl)cc3)CCN2[C@@H]2CC[C@H]1O2.O=[N+]([O-])C1=C2N(Cc3ccc(Cl)nc3)CCN2[C@@H]2CC[C@H]1O2.O=[N+]([O-])C1=C2N(Cc3ccccc3)CCN2[C@@H]2CC[C@H]1O2.O=[N+]([O-])C1=C2N(Cc3cnc(Cl)s3)CCN2[C@@H]2CC[C@H]1O2. The number of benzene rings is 2. The highest BCUT2D eigenvalue weighted by molar-refractivity contribution is 7.15. The van der Waals surface area contributed by atoms with Gasteiger partial charge in [-0.3, -0.25) is 50.6 Å². The summed E-state index contributed by atoms with van der Waals surface area (Å²) in [6, 6.07) is 21.4. The fraction of sp³-hybridized carbons (Fsp3) is 0.600. The number of thiazole rings is 1. The zero-order valence-corrected chi connectivity index (χ0v) is 60.9. The Balaban J connectivity index is 0.000000147. The van der Waals surface area contributed by atoms with Crippen LogP contribution in [0.25, 0.3) is 0 Å². The van der Waals surface area contributed by atoms with E-state index in [-0.39, 0.29) is 159 Å². The Morgan fingerprint density at radius 1 is 0.384 bits per heavy atom. The van der Waals surface area contributed by atoms with E-state index in [0.717, 1.165) is 201 Å². The van der Waals surface area contributed by atoms with Gasteiger partial charge in [0.05, 0.1) is 37.8 Å². The number of hydrogen-bond donors (Lipinski definition) is 0. The molecule has 10 bridgehead atoms. The molecular formula is C75H104Cl3N17O16S. The number of rotatable bonds is 15. The summed E-state index contributed by atoms with van der Waals surface area (Å²) in [6.07, 6.45) is 10.8. The zero-order chi connectivity index (χ0) is 73.2. The van der Waals surface area contributed by atoms with Crippen molar-refractivity contribution >= 4 is 46.1 Å². The molecule has 0 spiro atoms. The maximum Gasteiger partial charge on any atom is 0.314 e. The normalized spacial score (nSPS) is 27.1. The van der Waals surface area contributed by atoms with Gasteiger partial charge in [-0.15, -0.1) is 11.3 Å². The number of nitro groups is 5. The second-order valence-electron chi connectivity index (χ2n) is 28.6. The summed E-state index contributed by atoms with van der Waals surface area (Å²) in [7, 11) is 0. The first kappa shape index (κ1) is 86.0. The van der Waals surface area contributed by atoms with Crippen LogP contribution in [0.1, 0.15) is 137 Å². The van der Waals surface area contributed by atoms with Gasteiger partial charge in [-0.1, -0.05) is 128 Å². The third kappa shape index (κ3) is 17.0. The number of halogens is 3. The van der Waals surface area contributed by atoms with E-state index < -0.39 is 0 Å². The van der Waals surface area contributed by atoms with E-state index in [0.29, 0.717) is 46.7 Å². The number of nitrogens with zero attached hydrogens (tertiary/aromatic N) is 17. The van der Waals surface area contributed by atoms with Crippen LogP contribution in [0.2, 0.25) is 14.6 Å². The summed E-state index contributed by atoms with van der Waals surface area (Å²) < 4.78 is 34.8. The number of pyridine rings is 1. The molecule has 0 N–H and O–H groups in total. The van der Waals surface area contributed by atoms with Crippen LogP contribution in [0.15, 0.2) is 137 Å². The summed E-state index contributed by atoms with van der Waals surface area (Å²) in [5.41, 5.74) is 4.41. The Labute approximate surface area is 672 Å². The van der Waals surface area contributed by atoms with Crippen LogP contribution >= 0.6 is 46.1 Å². The monoisotopic (exact) mass is 1640 g/mol. The van der Waals surface area contributed by atoms with Gasteiger partial charge in [0.1, 0.15) is 36.3 Å². The van der Waals surface area contributed by atoms with E-state index >= 15 is 0 Å². The van der Waals surface area contributed by atoms with Gasteiger partial charge >= 0.3 is 28.5 Å². The van der Waals surface area contributed by atoms with Crippen molar-refractivity contribution in [3.05, 3.63) is 223 Å². The Morgan fingerprint density at radius 2 is 0.723 bits per heavy atom. The van der Waals surface area contributed by atoms with Crippen molar-refractivity contribution in [2.45, 2.75) is 203 Å². The Kier molecular flexibility index (Phi) is 27.9. The molecule has 16 aliphatic rings. The van der Waals surface area contributed by atoms with Crippen LogP contribution in [-0.2, 0) is 54.6 Å². The van der Waals surface area contributed by atoms with Crippen molar-refractivity contribution in [2.24, 2.45) is 5.92 Å². The lowest BCUT2D eigenvalue weighted by Gasteiger charge is -2.33. The van der Waals surface area contributed by atoms with Gasteiger partial charge < -0.3 is 77.4 Å². The molecule has 0 radical (unpaired) electrons. The molecule has 2 aromatic heterocycles. The molecule has 16 aliphatic heterocycles. The molecule has 2 aromatic carbocycles. The molecule has 0 saturated carbocycles. The van der Waals surface area contributed by atoms with Gasteiger partial charge in [-0.25, -0.2) is 9.97 Å². The van der Waals surface area contributed by atoms with E-state index in [1.807, 2.05) is 58.3 Å². The zero-order valence-electron chi connectivity index (χ0n) is 57.8. The Hall–Kier alpha value is -8.45. The molecule has 1 unspecified atom stereocenters. The van der Waals surface area contributed by atoms with Crippen molar-refractivity contribution in [1.82, 2.24) is 59.0 Å². The van der Waals surface area contributed by atoms with Crippen molar-refractivity contribution in [1.29, 1.82) is 0 Å². The first-order valence-corrected chi connectivity index (χ1v) is 38.2. The highest BCUT2D eigenvalue weighted by atomic mass is 35.5. The smallest absolute Gasteiger partial charge is 0.314 e. The Morgan fingerprint density at radius 3 is 1.05 bits per heavy atom. The molecule has 4 aromatic rings. The average Bonchev–Trinajstić information content (AvgIpc) is 1.63. The van der Waals surface area contributed by atoms with Gasteiger partial charge in [0, 0.05) is 126 Å². The molecule has 33 nitrogen and oxygen atoms in total. The van der Waals surface area contributed by atoms with Crippen molar-refractivity contribution < 1.29 is 53.0 Å². The van der Waals surface area contributed by atoms with E-state index in [1.165, 1.54) is 16.9 Å². The van der Waals surface area contributed by atoms with Crippen LogP contribution in [0.5, 0.6) is 0 Å². The maximum atomic E-state index is 11.5. The summed E-state index contributed by atoms with van der Waals surface area (Å²) in [6.45, 7) is 12.9. The average molecular weight is 1640 g/mol. The van der Waals surface area contributed by atoms with Crippen molar-refractivity contribution in [3.63, 3.8) is 0 Å². The summed E-state index contributed by atoms with van der Waals surface area (Å²) >= 11 is 19.0. The molecule has 11 atom stereocenters. The largest absolute Gasteiger partial charge is 0.381 e. The minimum atomic E-state index is -0.379. The van der Waals surface area contributed by atoms with Gasteiger partial charge in [0.15, 0.2) is 64.1 Å². The van der Waals surface area contributed by atoms with Crippen molar-refractivity contribution in [2.75, 3.05) is 85.2 Å². The lowest BCUT2D eigenvalue weighted by atomic mass is 10.1. The maximum absolute atomic E-state index is 11.5. The van der Waals surface area contributed by atoms with E-state index in [2.05, 4.69) is 61.3 Å². The number of hydrogen-bond acceptors (Lipinski definition) is 29. The first-order valence-electron chi connectivity index (χ1n) is 36.2. The highest BCUT2D eigenvalue weighted by Crippen LogP contribution is 2.47. The Bertz CT molecular complexity index is 4100. The second kappa shape index (κ2) is 36.4. The van der Waals surface area contributed by atoms with Crippen LogP contribution in [0.4, 0.5) is 0 Å². The minimum absolute atomic E-state index is 0. The molecule has 11 saturated heterocycles. The van der Waals surface area contributed by atoms with E-state index in [4.69, 9.17) is 63.2 Å². The third-order valence-electron chi connectivity index (χ3n) is 22.3. The predicted molar refractivity (Wildman–Crippen MR) is 420 cm³/mol. The van der Waals surface area contributed by atoms with Gasteiger partial charge in [-0.05, 0) is 106 Å². The fourth-order valence-corrected chi connectivity index (χ4v) is 19.0. The standard InChI is InChI=1S/C15H16ClN3O3.C15H17N3O3.C14H15ClN4O3.C13H19N3O4.C12H13ClN4O3S.6CH4/c16-11-3-1-10(2-4-11)9-17-7-8-18-13-6-5-12(22-13)14(15(17)18)19(20)21;19-18(20)14-12-6-7-13(21-12)17-9-8-16(15(14)17)10-11-4-2-1-3-5-11;15-11-3-1-9(7-16-11)8-17-5-6-18-12-4-2-10(22-12)13(14(17)18)19(20)21;17-16(18)12-10-1-2-11(20-10)15-5-4-14(13(12)15)7-9-3-6-19-8-9;13-12-14-5-7(21-12)6-15-3-4-16-9-2-1-8(20-9)10(11(15)16)17(18)19;;;;;;/h1-4,12-13H,5-9H2;1-5,12-13H,6-10H2;1,3,7,10,12H,2,4-6,8H2;9-11H,1-8H2;5,8-9H,1-4,6H2;6*1H4/t2*12-,13+;10-,12+;9?,10-,11+;8-,9+;;;;;;/m11111....../s1. The van der Waals surface area contributed by atoms with Crippen molar-refractivity contribution in [3.8, 4) is 0 Å². The van der Waals surface area contributed by atoms with Gasteiger partial charge in [0.2, 0.25) is 0 Å². The number of ether oxygens (including phenoxy) is 6. The van der Waals surface area contributed by atoms with Gasteiger partial charge in [0.25, 0.3) is 0 Å². The number of aromatic nitrogens is 2. The second-order valence-corrected chi connectivity index (χ2v) is 31.1. The predicted octanol–water partition coefficient (Wildman–Crippen LogP) is 12.3. The lowest BCUT2D eigenvalue weighted by molar-refractivity contribution is -0.443. The molecular weight excluding hydrogens is 1530 g/mol. The first-order chi connectivity index (χ1) is 51.4. The lowest BCUT2D eigenvalue weighted by Crippen LogP contribution is -2.42. The minimum Gasteiger partial charge on any atom is -0.381 e. The number of fused-ring (bicyclic) bond motifs is 20. The molecule has 37 heteroatoms. The van der Waals surface area contributed by atoms with Gasteiger partial charge in [-0.2, -0.15) is 0 Å².